The second-order valence-corrected chi connectivity index (χ2v) is 7.61. The average Bonchev–Trinajstić information content (AvgIpc) is 2.75. The highest BCUT2D eigenvalue weighted by Gasteiger charge is 2.45. The summed E-state index contributed by atoms with van der Waals surface area (Å²) in [5.41, 5.74) is 0.0609. The summed E-state index contributed by atoms with van der Waals surface area (Å²) in [6.45, 7) is -0.646. The summed E-state index contributed by atoms with van der Waals surface area (Å²) in [5.74, 6) is -1.45. The Bertz CT molecular complexity index is 1020. The van der Waals surface area contributed by atoms with Crippen LogP contribution < -0.4 is 9.47 Å². The lowest BCUT2D eigenvalue weighted by Crippen LogP contribution is -2.60. The van der Waals surface area contributed by atoms with E-state index >= 15 is 0 Å². The summed E-state index contributed by atoms with van der Waals surface area (Å²) >= 11 is 0. The maximum absolute atomic E-state index is 12.6. The first kappa shape index (κ1) is 22.1. The van der Waals surface area contributed by atoms with Crippen LogP contribution in [0.5, 0.6) is 28.7 Å². The van der Waals surface area contributed by atoms with Gasteiger partial charge in [0.1, 0.15) is 64.8 Å². The van der Waals surface area contributed by atoms with Crippen molar-refractivity contribution >= 4 is 5.78 Å². The number of rotatable bonds is 4. The molecule has 0 saturated carbocycles. The maximum atomic E-state index is 12.6. The summed E-state index contributed by atoms with van der Waals surface area (Å²) < 4.78 is 16.5. The molecule has 1 saturated heterocycles. The van der Waals surface area contributed by atoms with Crippen LogP contribution in [0.4, 0.5) is 0 Å². The molecule has 7 N–H and O–H groups in total. The fraction of sp³-hybridized carbons (Fsp3) is 0.381. The van der Waals surface area contributed by atoms with Gasteiger partial charge in [0.2, 0.25) is 6.29 Å². The largest absolute Gasteiger partial charge is 0.508 e. The maximum Gasteiger partial charge on any atom is 0.229 e. The van der Waals surface area contributed by atoms with Crippen LogP contribution in [-0.2, 0) is 4.74 Å². The van der Waals surface area contributed by atoms with E-state index in [1.165, 1.54) is 24.3 Å². The van der Waals surface area contributed by atoms with Gasteiger partial charge in [0, 0.05) is 17.7 Å². The lowest BCUT2D eigenvalue weighted by molar-refractivity contribution is -0.277. The van der Waals surface area contributed by atoms with E-state index in [1.807, 2.05) is 0 Å². The standard InChI is InChI=1S/C21H22O11/c22-7-16-18(27)19(28)20(29)21(32-16)30-9-4-12(25)17-13(26)6-14(31-15(17)5-9)10-3-8(23)1-2-11(10)24/h1-5,14,16,18-25,27-29H,6-7H2/t14?,16?,18-,19+,20?,21-/m1/s1. The molecule has 172 valence electrons. The molecule has 2 heterocycles. The number of ether oxygens (including phenoxy) is 3. The third-order valence-corrected chi connectivity index (χ3v) is 5.43. The number of hydrogen-bond donors (Lipinski definition) is 7. The zero-order valence-corrected chi connectivity index (χ0v) is 16.5. The van der Waals surface area contributed by atoms with Crippen molar-refractivity contribution in [1.82, 2.24) is 0 Å². The van der Waals surface area contributed by atoms with E-state index < -0.39 is 54.9 Å². The molecule has 2 aliphatic rings. The predicted octanol–water partition coefficient (Wildman–Crippen LogP) is -0.311. The second-order valence-electron chi connectivity index (χ2n) is 7.61. The van der Waals surface area contributed by atoms with Crippen molar-refractivity contribution in [3.8, 4) is 28.7 Å². The number of fused-ring (bicyclic) bond motifs is 1. The molecule has 4 rings (SSSR count). The van der Waals surface area contributed by atoms with Crippen LogP contribution in [0.25, 0.3) is 0 Å². The number of carbonyl (C=O) groups excluding carboxylic acids is 1. The van der Waals surface area contributed by atoms with Crippen molar-refractivity contribution in [2.75, 3.05) is 6.61 Å². The number of carbonyl (C=O) groups is 1. The second kappa shape index (κ2) is 8.45. The van der Waals surface area contributed by atoms with E-state index in [1.54, 1.807) is 0 Å². The normalized spacial score (nSPS) is 29.8. The first-order valence-corrected chi connectivity index (χ1v) is 9.75. The van der Waals surface area contributed by atoms with Crippen LogP contribution in [0, 0.1) is 0 Å². The molecule has 0 amide bonds. The zero-order chi connectivity index (χ0) is 23.2. The summed E-state index contributed by atoms with van der Waals surface area (Å²) in [7, 11) is 0. The Balaban J connectivity index is 1.62. The highest BCUT2D eigenvalue weighted by atomic mass is 16.7. The van der Waals surface area contributed by atoms with Gasteiger partial charge >= 0.3 is 0 Å². The lowest BCUT2D eigenvalue weighted by atomic mass is 9.95. The molecular weight excluding hydrogens is 428 g/mol. The molecule has 11 heteroatoms. The van der Waals surface area contributed by atoms with Crippen LogP contribution >= 0.6 is 0 Å². The minimum absolute atomic E-state index is 0.0754. The van der Waals surface area contributed by atoms with Gasteiger partial charge in [0.15, 0.2) is 5.78 Å². The predicted molar refractivity (Wildman–Crippen MR) is 105 cm³/mol. The van der Waals surface area contributed by atoms with Gasteiger partial charge in [-0.25, -0.2) is 0 Å². The van der Waals surface area contributed by atoms with Gasteiger partial charge in [0.25, 0.3) is 0 Å². The molecule has 3 unspecified atom stereocenters. The van der Waals surface area contributed by atoms with Gasteiger partial charge < -0.3 is 50.0 Å². The van der Waals surface area contributed by atoms with E-state index in [-0.39, 0.29) is 40.5 Å². The minimum atomic E-state index is -1.68. The van der Waals surface area contributed by atoms with Gasteiger partial charge in [-0.05, 0) is 18.2 Å². The Hall–Kier alpha value is -3.09. The van der Waals surface area contributed by atoms with E-state index in [0.29, 0.717) is 0 Å². The Morgan fingerprint density at radius 1 is 0.969 bits per heavy atom. The van der Waals surface area contributed by atoms with Crippen molar-refractivity contribution in [3.63, 3.8) is 0 Å². The summed E-state index contributed by atoms with van der Waals surface area (Å²) in [5, 5.41) is 69.3. The van der Waals surface area contributed by atoms with E-state index in [0.717, 1.165) is 6.07 Å². The Labute approximate surface area is 181 Å². The average molecular weight is 450 g/mol. The number of phenolic OH excluding ortho intramolecular Hbond substituents is 3. The number of aliphatic hydroxyl groups excluding tert-OH is 4. The smallest absolute Gasteiger partial charge is 0.229 e. The number of hydrogen-bond acceptors (Lipinski definition) is 11. The Morgan fingerprint density at radius 2 is 1.72 bits per heavy atom. The monoisotopic (exact) mass is 450 g/mol. The number of aromatic hydroxyl groups is 3. The van der Waals surface area contributed by atoms with Crippen molar-refractivity contribution < 1.29 is 54.8 Å². The van der Waals surface area contributed by atoms with Gasteiger partial charge in [-0.3, -0.25) is 4.79 Å². The summed E-state index contributed by atoms with van der Waals surface area (Å²) in [6, 6.07) is 6.13. The summed E-state index contributed by atoms with van der Waals surface area (Å²) in [6.07, 6.45) is -8.76. The van der Waals surface area contributed by atoms with E-state index in [9.17, 15) is 40.5 Å². The molecule has 2 aliphatic heterocycles. The highest BCUT2D eigenvalue weighted by molar-refractivity contribution is 6.02. The number of phenols is 3. The molecule has 0 spiro atoms. The molecule has 0 aromatic heterocycles. The number of Topliss-reactive ketones (excluding diaryl/α,β-unsaturated/α-hetero) is 1. The number of ketones is 1. The molecule has 32 heavy (non-hydrogen) atoms. The van der Waals surface area contributed by atoms with Gasteiger partial charge in [-0.1, -0.05) is 0 Å². The molecule has 11 nitrogen and oxygen atoms in total. The number of benzene rings is 2. The number of aliphatic hydroxyl groups is 4. The molecule has 2 aromatic carbocycles. The lowest BCUT2D eigenvalue weighted by Gasteiger charge is -2.39. The fourth-order valence-corrected chi connectivity index (χ4v) is 3.75. The van der Waals surface area contributed by atoms with Crippen molar-refractivity contribution in [2.45, 2.75) is 43.2 Å². The van der Waals surface area contributed by atoms with Crippen LogP contribution in [-0.4, -0.2) is 78.8 Å². The molecule has 0 aliphatic carbocycles. The van der Waals surface area contributed by atoms with Crippen LogP contribution in [0.1, 0.15) is 28.4 Å². The molecule has 1 fully saturated rings. The van der Waals surface area contributed by atoms with Gasteiger partial charge in [0.05, 0.1) is 13.0 Å². The van der Waals surface area contributed by atoms with E-state index in [4.69, 9.17) is 14.2 Å². The van der Waals surface area contributed by atoms with Crippen LogP contribution in [0.3, 0.4) is 0 Å². The molecular formula is C21H22O11. The molecule has 0 bridgehead atoms. The first-order chi connectivity index (χ1) is 15.2. The third-order valence-electron chi connectivity index (χ3n) is 5.43. The highest BCUT2D eigenvalue weighted by Crippen LogP contribution is 2.44. The SMILES string of the molecule is O=C1CC(c2cc(O)ccc2O)Oc2cc(O[C@@H]3OC(CO)[C@@H](O)[C@H](O)C3O)cc(O)c21. The Kier molecular flexibility index (Phi) is 5.84. The van der Waals surface area contributed by atoms with Crippen molar-refractivity contribution in [2.24, 2.45) is 0 Å². The summed E-state index contributed by atoms with van der Waals surface area (Å²) in [4.78, 5) is 12.6. The minimum Gasteiger partial charge on any atom is -0.508 e. The van der Waals surface area contributed by atoms with Crippen LogP contribution in [0.2, 0.25) is 0 Å². The quantitative estimate of drug-likeness (QED) is 0.303. The fourth-order valence-electron chi connectivity index (χ4n) is 3.75. The molecule has 2 aromatic rings. The Morgan fingerprint density at radius 3 is 2.44 bits per heavy atom. The third kappa shape index (κ3) is 3.92. The van der Waals surface area contributed by atoms with Crippen molar-refractivity contribution in [1.29, 1.82) is 0 Å². The first-order valence-electron chi connectivity index (χ1n) is 9.75. The molecule has 0 radical (unpaired) electrons. The molecule has 6 atom stereocenters. The van der Waals surface area contributed by atoms with E-state index in [2.05, 4.69) is 0 Å². The van der Waals surface area contributed by atoms with Gasteiger partial charge in [-0.2, -0.15) is 0 Å². The topological polar surface area (TPSA) is 186 Å². The van der Waals surface area contributed by atoms with Gasteiger partial charge in [-0.15, -0.1) is 0 Å². The van der Waals surface area contributed by atoms with Crippen molar-refractivity contribution in [3.05, 3.63) is 41.5 Å². The van der Waals surface area contributed by atoms with Crippen LogP contribution in [0.15, 0.2) is 30.3 Å². The zero-order valence-electron chi connectivity index (χ0n) is 16.5.